The van der Waals surface area contributed by atoms with Crippen molar-refractivity contribution in [2.45, 2.75) is 13.1 Å². The predicted octanol–water partition coefficient (Wildman–Crippen LogP) is 2.79. The number of nitrogens with one attached hydrogen (secondary N) is 1. The first-order chi connectivity index (χ1) is 6.92. The Bertz CT molecular complexity index is 344. The normalized spacial score (nSPS) is 10.6. The summed E-state index contributed by atoms with van der Waals surface area (Å²) in [7, 11) is 1.63. The van der Waals surface area contributed by atoms with Crippen LogP contribution in [0.1, 0.15) is 5.56 Å². The molecule has 1 N–H and O–H groups in total. The van der Waals surface area contributed by atoms with Gasteiger partial charge in [-0.2, -0.15) is 18.2 Å². The molecule has 1 heterocycles. The van der Waals surface area contributed by atoms with Crippen molar-refractivity contribution in [3.05, 3.63) is 17.7 Å². The molecule has 3 nitrogen and oxygen atoms in total. The number of aromatic nitrogens is 1. The Balaban J connectivity index is 0.00000225. The lowest BCUT2D eigenvalue weighted by molar-refractivity contribution is -0.154. The molecule has 0 radical (unpaired) electrons. The molecule has 16 heavy (non-hydrogen) atoms. The molecule has 0 amide bonds. The van der Waals surface area contributed by atoms with Gasteiger partial charge < -0.3 is 10.1 Å². The summed E-state index contributed by atoms with van der Waals surface area (Å²) in [6, 6.07) is 3.31. The fourth-order valence-corrected chi connectivity index (χ4v) is 0.946. The summed E-state index contributed by atoms with van der Waals surface area (Å²) in [5.41, 5.74) is 0.568. The first-order valence-corrected chi connectivity index (χ1v) is 4.27. The third-order valence-corrected chi connectivity index (χ3v) is 1.68. The Morgan fingerprint density at radius 3 is 2.50 bits per heavy atom. The van der Waals surface area contributed by atoms with Crippen molar-refractivity contribution < 1.29 is 17.9 Å². The molecule has 0 saturated carbocycles. The highest BCUT2D eigenvalue weighted by molar-refractivity contribution is 5.85. The molecule has 0 spiro atoms. The number of nitrogens with zero attached hydrogens (tertiary/aromatic N) is 1. The van der Waals surface area contributed by atoms with E-state index < -0.39 is 12.8 Å². The number of anilines is 1. The van der Waals surface area contributed by atoms with Crippen LogP contribution in [-0.2, 0) is 0 Å². The highest BCUT2D eigenvalue weighted by Crippen LogP contribution is 2.21. The van der Waals surface area contributed by atoms with Crippen molar-refractivity contribution in [1.29, 1.82) is 0 Å². The van der Waals surface area contributed by atoms with Crippen molar-refractivity contribution in [3.63, 3.8) is 0 Å². The molecular weight excluding hydrogens is 245 g/mol. The van der Waals surface area contributed by atoms with Crippen molar-refractivity contribution in [1.82, 2.24) is 4.98 Å². The van der Waals surface area contributed by atoms with Crippen molar-refractivity contribution in [3.8, 4) is 5.88 Å². The van der Waals surface area contributed by atoms with Crippen LogP contribution in [0.2, 0.25) is 0 Å². The van der Waals surface area contributed by atoms with E-state index >= 15 is 0 Å². The molecule has 0 aliphatic carbocycles. The summed E-state index contributed by atoms with van der Waals surface area (Å²) < 4.78 is 40.2. The molecule has 0 aliphatic rings. The molecule has 0 atom stereocenters. The van der Waals surface area contributed by atoms with Gasteiger partial charge >= 0.3 is 6.18 Å². The second-order valence-corrected chi connectivity index (χ2v) is 2.97. The highest BCUT2D eigenvalue weighted by atomic mass is 35.5. The number of ether oxygens (including phenoxy) is 1. The Kier molecular flexibility index (Phi) is 5.37. The Labute approximate surface area is 97.4 Å². The van der Waals surface area contributed by atoms with Gasteiger partial charge in [0.15, 0.2) is 6.61 Å². The summed E-state index contributed by atoms with van der Waals surface area (Å²) >= 11 is 0. The average molecular weight is 257 g/mol. The van der Waals surface area contributed by atoms with Crippen LogP contribution in [-0.4, -0.2) is 24.8 Å². The van der Waals surface area contributed by atoms with E-state index in [1.807, 2.05) is 0 Å². The van der Waals surface area contributed by atoms with E-state index in [1.165, 1.54) is 0 Å². The Morgan fingerprint density at radius 1 is 1.38 bits per heavy atom. The van der Waals surface area contributed by atoms with Gasteiger partial charge in [0.1, 0.15) is 5.82 Å². The van der Waals surface area contributed by atoms with Crippen molar-refractivity contribution >= 4 is 18.2 Å². The third-order valence-electron chi connectivity index (χ3n) is 1.68. The number of rotatable bonds is 3. The number of aryl methyl sites for hydroxylation is 1. The van der Waals surface area contributed by atoms with Gasteiger partial charge in [-0.1, -0.05) is 6.07 Å². The molecule has 92 valence electrons. The minimum absolute atomic E-state index is 0. The van der Waals surface area contributed by atoms with Gasteiger partial charge in [0.05, 0.1) is 0 Å². The van der Waals surface area contributed by atoms with E-state index in [2.05, 4.69) is 15.0 Å². The zero-order valence-corrected chi connectivity index (χ0v) is 9.58. The SMILES string of the molecule is CNc1ccc(C)c(OCC(F)(F)F)n1.Cl. The van der Waals surface area contributed by atoms with Gasteiger partial charge in [-0.25, -0.2) is 0 Å². The second kappa shape index (κ2) is 5.79. The van der Waals surface area contributed by atoms with Crippen molar-refractivity contribution in [2.24, 2.45) is 0 Å². The molecular formula is C9H12ClF3N2O. The molecule has 1 aromatic heterocycles. The zero-order chi connectivity index (χ0) is 11.5. The fourth-order valence-electron chi connectivity index (χ4n) is 0.946. The summed E-state index contributed by atoms with van der Waals surface area (Å²) in [5, 5.41) is 2.72. The molecule has 0 bridgehead atoms. The number of alkyl halides is 3. The molecule has 0 fully saturated rings. The quantitative estimate of drug-likeness (QED) is 0.903. The fraction of sp³-hybridized carbons (Fsp3) is 0.444. The van der Waals surface area contributed by atoms with Crippen LogP contribution in [0, 0.1) is 6.92 Å². The third kappa shape index (κ3) is 4.57. The molecule has 0 saturated heterocycles. The minimum atomic E-state index is -4.34. The van der Waals surface area contributed by atoms with E-state index in [-0.39, 0.29) is 18.3 Å². The summed E-state index contributed by atoms with van der Waals surface area (Å²) in [5.74, 6) is 0.469. The van der Waals surface area contributed by atoms with Gasteiger partial charge in [-0.15, -0.1) is 12.4 Å². The molecule has 1 rings (SSSR count). The summed E-state index contributed by atoms with van der Waals surface area (Å²) in [6.07, 6.45) is -4.34. The number of halogens is 4. The van der Waals surface area contributed by atoms with Crippen LogP contribution in [0.15, 0.2) is 12.1 Å². The Morgan fingerprint density at radius 2 is 2.00 bits per heavy atom. The largest absolute Gasteiger partial charge is 0.468 e. The van der Waals surface area contributed by atoms with Crippen LogP contribution in [0.3, 0.4) is 0 Å². The number of pyridine rings is 1. The molecule has 0 aromatic carbocycles. The van der Waals surface area contributed by atoms with Crippen molar-refractivity contribution in [2.75, 3.05) is 19.0 Å². The highest BCUT2D eigenvalue weighted by Gasteiger charge is 2.28. The van der Waals surface area contributed by atoms with Crippen LogP contribution in [0.5, 0.6) is 5.88 Å². The maximum absolute atomic E-state index is 11.9. The smallest absolute Gasteiger partial charge is 0.422 e. The minimum Gasteiger partial charge on any atom is -0.468 e. The van der Waals surface area contributed by atoms with E-state index in [0.717, 1.165) is 0 Å². The first kappa shape index (κ1) is 14.8. The lowest BCUT2D eigenvalue weighted by Crippen LogP contribution is -2.20. The molecule has 0 unspecified atom stereocenters. The lowest BCUT2D eigenvalue weighted by atomic mass is 10.3. The van der Waals surface area contributed by atoms with Gasteiger partial charge in [0, 0.05) is 12.6 Å². The summed E-state index contributed by atoms with van der Waals surface area (Å²) in [4.78, 5) is 3.86. The molecule has 0 aliphatic heterocycles. The maximum Gasteiger partial charge on any atom is 0.422 e. The van der Waals surface area contributed by atoms with Crippen LogP contribution < -0.4 is 10.1 Å². The van der Waals surface area contributed by atoms with Crippen LogP contribution >= 0.6 is 12.4 Å². The predicted molar refractivity (Wildman–Crippen MR) is 57.3 cm³/mol. The zero-order valence-electron chi connectivity index (χ0n) is 8.76. The van der Waals surface area contributed by atoms with E-state index in [4.69, 9.17) is 0 Å². The molecule has 7 heteroatoms. The van der Waals surface area contributed by atoms with Gasteiger partial charge in [0.25, 0.3) is 0 Å². The van der Waals surface area contributed by atoms with E-state index in [9.17, 15) is 13.2 Å². The van der Waals surface area contributed by atoms with Gasteiger partial charge in [0.2, 0.25) is 5.88 Å². The monoisotopic (exact) mass is 256 g/mol. The molecule has 1 aromatic rings. The van der Waals surface area contributed by atoms with E-state index in [1.54, 1.807) is 26.1 Å². The Hall–Kier alpha value is -1.17. The van der Waals surface area contributed by atoms with Gasteiger partial charge in [-0.3, -0.25) is 0 Å². The second-order valence-electron chi connectivity index (χ2n) is 2.97. The lowest BCUT2D eigenvalue weighted by Gasteiger charge is -2.11. The number of hydrogen-bond donors (Lipinski definition) is 1. The standard InChI is InChI=1S/C9H11F3N2O.ClH/c1-6-3-4-7(13-2)14-8(6)15-5-9(10,11)12;/h3-4H,5H2,1-2H3,(H,13,14);1H. The van der Waals surface area contributed by atoms with Crippen LogP contribution in [0.4, 0.5) is 19.0 Å². The topological polar surface area (TPSA) is 34.1 Å². The van der Waals surface area contributed by atoms with Gasteiger partial charge in [-0.05, 0) is 13.0 Å². The summed E-state index contributed by atoms with van der Waals surface area (Å²) in [6.45, 7) is 0.312. The van der Waals surface area contributed by atoms with Crippen LogP contribution in [0.25, 0.3) is 0 Å². The maximum atomic E-state index is 11.9. The first-order valence-electron chi connectivity index (χ1n) is 4.27. The van der Waals surface area contributed by atoms with E-state index in [0.29, 0.717) is 11.4 Å². The number of hydrogen-bond acceptors (Lipinski definition) is 3. The average Bonchev–Trinajstić information content (AvgIpc) is 2.15.